The van der Waals surface area contributed by atoms with Gasteiger partial charge in [0.1, 0.15) is 5.82 Å². The van der Waals surface area contributed by atoms with Crippen LogP contribution in [0.2, 0.25) is 0 Å². The van der Waals surface area contributed by atoms with Gasteiger partial charge in [0.15, 0.2) is 5.78 Å². The second-order valence-corrected chi connectivity index (χ2v) is 5.33. The number of ketones is 1. The van der Waals surface area contributed by atoms with Crippen LogP contribution in [0.5, 0.6) is 0 Å². The van der Waals surface area contributed by atoms with Crippen LogP contribution in [0, 0.1) is 23.2 Å². The molecule has 0 radical (unpaired) electrons. The van der Waals surface area contributed by atoms with Gasteiger partial charge in [-0.3, -0.25) is 9.69 Å². The van der Waals surface area contributed by atoms with Gasteiger partial charge >= 0.3 is 6.09 Å². The third kappa shape index (κ3) is 3.34. The molecule has 0 saturated carbocycles. The lowest BCUT2D eigenvalue weighted by molar-refractivity contribution is 0.0978. The number of nitriles is 1. The summed E-state index contributed by atoms with van der Waals surface area (Å²) in [6.07, 6.45) is 1.17. The molecule has 2 heterocycles. The molecule has 6 nitrogen and oxygen atoms in total. The smallest absolute Gasteiger partial charge is 0.415 e. The Hall–Kier alpha value is -3.64. The van der Waals surface area contributed by atoms with Gasteiger partial charge < -0.3 is 4.74 Å². The summed E-state index contributed by atoms with van der Waals surface area (Å²) in [5.41, 5.74) is 2.13. The van der Waals surface area contributed by atoms with E-state index in [9.17, 15) is 9.59 Å². The van der Waals surface area contributed by atoms with E-state index < -0.39 is 6.09 Å². The number of amides is 1. The molecule has 122 valence electrons. The Balaban J connectivity index is 1.95. The number of hydrogen-bond donors (Lipinski definition) is 0. The minimum absolute atomic E-state index is 0.0854. The van der Waals surface area contributed by atoms with E-state index in [0.29, 0.717) is 28.1 Å². The predicted octanol–water partition coefficient (Wildman–Crippen LogP) is 2.51. The summed E-state index contributed by atoms with van der Waals surface area (Å²) in [5, 5.41) is 8.91. The van der Waals surface area contributed by atoms with Crippen molar-refractivity contribution in [2.45, 2.75) is 6.42 Å². The Bertz CT molecular complexity index is 964. The first-order valence-corrected chi connectivity index (χ1v) is 7.53. The SMILES string of the molecule is COC(=O)N1CCC(=O)c2cc(C#Cc3cccc(C#N)c3)cnc21. The highest BCUT2D eigenvalue weighted by molar-refractivity contribution is 6.06. The fourth-order valence-electron chi connectivity index (χ4n) is 2.50. The summed E-state index contributed by atoms with van der Waals surface area (Å²) in [6.45, 7) is 0.248. The fourth-order valence-corrected chi connectivity index (χ4v) is 2.50. The second-order valence-electron chi connectivity index (χ2n) is 5.33. The summed E-state index contributed by atoms with van der Waals surface area (Å²) in [7, 11) is 1.29. The molecule has 1 aromatic heterocycles. The zero-order chi connectivity index (χ0) is 17.8. The number of hydrogen-bond acceptors (Lipinski definition) is 5. The number of benzene rings is 1. The van der Waals surface area contributed by atoms with E-state index in [1.165, 1.54) is 18.2 Å². The highest BCUT2D eigenvalue weighted by atomic mass is 16.5. The van der Waals surface area contributed by atoms with Crippen LogP contribution in [0.4, 0.5) is 10.6 Å². The van der Waals surface area contributed by atoms with Crippen molar-refractivity contribution in [1.82, 2.24) is 4.98 Å². The van der Waals surface area contributed by atoms with Crippen molar-refractivity contribution in [3.05, 3.63) is 58.8 Å². The van der Waals surface area contributed by atoms with Crippen LogP contribution in [-0.2, 0) is 4.74 Å². The van der Waals surface area contributed by atoms with Crippen molar-refractivity contribution in [2.24, 2.45) is 0 Å². The van der Waals surface area contributed by atoms with Gasteiger partial charge in [-0.1, -0.05) is 17.9 Å². The van der Waals surface area contributed by atoms with Crippen LogP contribution < -0.4 is 4.90 Å². The second kappa shape index (κ2) is 6.86. The molecule has 0 atom stereocenters. The minimum Gasteiger partial charge on any atom is -0.452 e. The van der Waals surface area contributed by atoms with Crippen LogP contribution in [0.15, 0.2) is 36.5 Å². The molecule has 3 rings (SSSR count). The zero-order valence-electron chi connectivity index (χ0n) is 13.4. The molecule has 2 aromatic rings. The van der Waals surface area contributed by atoms with Crippen molar-refractivity contribution < 1.29 is 14.3 Å². The molecule has 25 heavy (non-hydrogen) atoms. The summed E-state index contributed by atoms with van der Waals surface area (Å²) in [4.78, 5) is 29.5. The molecule has 1 aromatic carbocycles. The number of fused-ring (bicyclic) bond motifs is 1. The van der Waals surface area contributed by atoms with Crippen LogP contribution in [0.25, 0.3) is 0 Å². The van der Waals surface area contributed by atoms with Gasteiger partial charge in [0, 0.05) is 30.3 Å². The number of anilines is 1. The largest absolute Gasteiger partial charge is 0.452 e. The maximum absolute atomic E-state index is 12.1. The number of aromatic nitrogens is 1. The lowest BCUT2D eigenvalue weighted by Gasteiger charge is -2.26. The summed E-state index contributed by atoms with van der Waals surface area (Å²) >= 11 is 0. The van der Waals surface area contributed by atoms with E-state index in [-0.39, 0.29) is 18.7 Å². The summed E-state index contributed by atoms with van der Waals surface area (Å²) < 4.78 is 4.72. The van der Waals surface area contributed by atoms with Crippen molar-refractivity contribution in [3.8, 4) is 17.9 Å². The molecular formula is C19H13N3O3. The molecule has 0 saturated heterocycles. The standard InChI is InChI=1S/C19H13N3O3/c1-25-19(24)22-8-7-17(23)16-10-15(12-21-18(16)22)6-5-13-3-2-4-14(9-13)11-20/h2-4,9-10,12H,7-8H2,1H3. The highest BCUT2D eigenvalue weighted by Gasteiger charge is 2.29. The Labute approximate surface area is 144 Å². The number of methoxy groups -OCH3 is 1. The van der Waals surface area contributed by atoms with E-state index in [1.54, 1.807) is 30.3 Å². The van der Waals surface area contributed by atoms with Gasteiger partial charge in [0.25, 0.3) is 0 Å². The van der Waals surface area contributed by atoms with Gasteiger partial charge in [0.2, 0.25) is 0 Å². The van der Waals surface area contributed by atoms with Crippen molar-refractivity contribution in [3.63, 3.8) is 0 Å². The molecule has 6 heteroatoms. The monoisotopic (exact) mass is 331 g/mol. The van der Waals surface area contributed by atoms with Gasteiger partial charge in [-0.15, -0.1) is 0 Å². The number of rotatable bonds is 0. The van der Waals surface area contributed by atoms with E-state index in [1.807, 2.05) is 0 Å². The summed E-state index contributed by atoms with van der Waals surface area (Å²) in [5.74, 6) is 6.08. The van der Waals surface area contributed by atoms with Crippen LogP contribution in [0.1, 0.15) is 33.5 Å². The number of Topliss-reactive ketones (excluding diaryl/α,β-unsaturated/α-hetero) is 1. The number of carbonyl (C=O) groups excluding carboxylic acids is 2. The molecule has 0 unspecified atom stereocenters. The molecule has 0 N–H and O–H groups in total. The summed E-state index contributed by atoms with van der Waals surface area (Å²) in [6, 6.07) is 10.6. The van der Waals surface area contributed by atoms with Gasteiger partial charge in [-0.2, -0.15) is 5.26 Å². The van der Waals surface area contributed by atoms with Crippen LogP contribution in [0.3, 0.4) is 0 Å². The maximum Gasteiger partial charge on any atom is 0.415 e. The Morgan fingerprint density at radius 2 is 2.00 bits per heavy atom. The zero-order valence-corrected chi connectivity index (χ0v) is 13.4. The Kier molecular flexibility index (Phi) is 4.45. The van der Waals surface area contributed by atoms with Crippen LogP contribution in [-0.4, -0.2) is 30.5 Å². The number of ether oxygens (including phenoxy) is 1. The lowest BCUT2D eigenvalue weighted by Crippen LogP contribution is -2.38. The molecule has 0 aliphatic carbocycles. The normalized spacial score (nSPS) is 12.5. The van der Waals surface area contributed by atoms with Gasteiger partial charge in [-0.25, -0.2) is 9.78 Å². The maximum atomic E-state index is 12.1. The number of pyridine rings is 1. The molecule has 0 bridgehead atoms. The van der Waals surface area contributed by atoms with Crippen molar-refractivity contribution in [1.29, 1.82) is 5.26 Å². The highest BCUT2D eigenvalue weighted by Crippen LogP contribution is 2.26. The Morgan fingerprint density at radius 1 is 1.24 bits per heavy atom. The van der Waals surface area contributed by atoms with Crippen LogP contribution >= 0.6 is 0 Å². The average Bonchev–Trinajstić information content (AvgIpc) is 2.66. The first-order chi connectivity index (χ1) is 12.1. The van der Waals surface area contributed by atoms with E-state index in [4.69, 9.17) is 10.00 Å². The van der Waals surface area contributed by atoms with E-state index in [0.717, 1.165) is 0 Å². The van der Waals surface area contributed by atoms with Crippen molar-refractivity contribution in [2.75, 3.05) is 18.6 Å². The Morgan fingerprint density at radius 3 is 2.76 bits per heavy atom. The average molecular weight is 331 g/mol. The first kappa shape index (κ1) is 16.2. The molecular weight excluding hydrogens is 318 g/mol. The van der Waals surface area contributed by atoms with Crippen molar-refractivity contribution >= 4 is 17.7 Å². The number of carbonyl (C=O) groups is 2. The third-order valence-corrected chi connectivity index (χ3v) is 3.72. The number of nitrogens with zero attached hydrogens (tertiary/aromatic N) is 3. The predicted molar refractivity (Wildman–Crippen MR) is 90.1 cm³/mol. The van der Waals surface area contributed by atoms with E-state index >= 15 is 0 Å². The molecule has 0 fully saturated rings. The molecule has 1 aliphatic rings. The molecule has 1 amide bonds. The quantitative estimate of drug-likeness (QED) is 0.693. The third-order valence-electron chi connectivity index (χ3n) is 3.72. The van der Waals surface area contributed by atoms with E-state index in [2.05, 4.69) is 22.9 Å². The van der Waals surface area contributed by atoms with Gasteiger partial charge in [-0.05, 0) is 24.3 Å². The minimum atomic E-state index is -0.548. The molecule has 0 spiro atoms. The molecule has 1 aliphatic heterocycles. The lowest BCUT2D eigenvalue weighted by atomic mass is 10.0. The fraction of sp³-hybridized carbons (Fsp3) is 0.158. The van der Waals surface area contributed by atoms with Gasteiger partial charge in [0.05, 0.1) is 24.3 Å². The topological polar surface area (TPSA) is 83.3 Å². The first-order valence-electron chi connectivity index (χ1n) is 7.53.